The van der Waals surface area contributed by atoms with Crippen LogP contribution in [0.15, 0.2) is 71.8 Å². The number of halogens is 1. The highest BCUT2D eigenvalue weighted by atomic mass is 35.5. The summed E-state index contributed by atoms with van der Waals surface area (Å²) in [5.41, 5.74) is 1.63. The number of hydrogen-bond acceptors (Lipinski definition) is 5. The molecule has 0 bridgehead atoms. The molecule has 2 aromatic carbocycles. The second-order valence-corrected chi connectivity index (χ2v) is 8.94. The van der Waals surface area contributed by atoms with Gasteiger partial charge in [0.2, 0.25) is 10.0 Å². The van der Waals surface area contributed by atoms with Crippen molar-refractivity contribution in [3.63, 3.8) is 0 Å². The Bertz CT molecular complexity index is 1150. The average Bonchev–Trinajstić information content (AvgIpc) is 2.78. The lowest BCUT2D eigenvalue weighted by Gasteiger charge is -2.15. The van der Waals surface area contributed by atoms with E-state index >= 15 is 0 Å². The molecule has 0 aliphatic carbocycles. The number of benzene rings is 2. The van der Waals surface area contributed by atoms with Crippen LogP contribution in [0.2, 0.25) is 5.02 Å². The van der Waals surface area contributed by atoms with Gasteiger partial charge in [0.1, 0.15) is 10.6 Å². The fourth-order valence-corrected chi connectivity index (χ4v) is 4.21. The van der Waals surface area contributed by atoms with Crippen LogP contribution in [0.3, 0.4) is 0 Å². The van der Waals surface area contributed by atoms with E-state index in [0.29, 0.717) is 10.7 Å². The van der Waals surface area contributed by atoms with Crippen molar-refractivity contribution in [1.82, 2.24) is 15.0 Å². The number of pyridine rings is 1. The third-order valence-corrected chi connectivity index (χ3v) is 6.25. The Morgan fingerprint density at radius 3 is 2.52 bits per heavy atom. The Morgan fingerprint density at radius 1 is 1.13 bits per heavy atom. The van der Waals surface area contributed by atoms with Crippen molar-refractivity contribution in [2.45, 2.75) is 24.4 Å². The number of methoxy groups -OCH3 is 1. The van der Waals surface area contributed by atoms with Gasteiger partial charge in [0, 0.05) is 23.3 Å². The summed E-state index contributed by atoms with van der Waals surface area (Å²) in [5, 5.41) is 3.38. The molecule has 1 amide bonds. The van der Waals surface area contributed by atoms with Gasteiger partial charge in [-0.25, -0.2) is 13.1 Å². The van der Waals surface area contributed by atoms with Gasteiger partial charge < -0.3 is 10.1 Å². The van der Waals surface area contributed by atoms with Gasteiger partial charge >= 0.3 is 0 Å². The summed E-state index contributed by atoms with van der Waals surface area (Å²) in [7, 11) is -2.58. The minimum Gasteiger partial charge on any atom is -0.495 e. The summed E-state index contributed by atoms with van der Waals surface area (Å²) >= 11 is 5.86. The van der Waals surface area contributed by atoms with Crippen molar-refractivity contribution in [2.24, 2.45) is 0 Å². The summed E-state index contributed by atoms with van der Waals surface area (Å²) in [5.74, 6) is -0.284. The highest BCUT2D eigenvalue weighted by molar-refractivity contribution is 7.89. The van der Waals surface area contributed by atoms with Crippen molar-refractivity contribution < 1.29 is 17.9 Å². The number of nitrogens with one attached hydrogen (secondary N) is 2. The molecule has 2 N–H and O–H groups in total. The third-order valence-electron chi connectivity index (χ3n) is 4.57. The van der Waals surface area contributed by atoms with Crippen molar-refractivity contribution in [2.75, 3.05) is 7.11 Å². The largest absolute Gasteiger partial charge is 0.495 e. The van der Waals surface area contributed by atoms with Gasteiger partial charge in [0.05, 0.1) is 18.8 Å². The van der Waals surface area contributed by atoms with E-state index < -0.39 is 15.9 Å². The normalized spacial score (nSPS) is 12.2. The molecule has 0 saturated heterocycles. The van der Waals surface area contributed by atoms with Gasteiger partial charge in [-0.2, -0.15) is 0 Å². The van der Waals surface area contributed by atoms with E-state index in [4.69, 9.17) is 16.3 Å². The predicted molar refractivity (Wildman–Crippen MR) is 119 cm³/mol. The molecule has 1 aromatic heterocycles. The number of carbonyl (C=O) groups excluding carboxylic acids is 1. The number of carbonyl (C=O) groups is 1. The van der Waals surface area contributed by atoms with Gasteiger partial charge in [-0.1, -0.05) is 29.8 Å². The zero-order valence-electron chi connectivity index (χ0n) is 17.0. The highest BCUT2D eigenvalue weighted by Crippen LogP contribution is 2.25. The molecule has 0 fully saturated rings. The topological polar surface area (TPSA) is 97.4 Å². The van der Waals surface area contributed by atoms with Gasteiger partial charge in [-0.05, 0) is 55.0 Å². The molecule has 1 atom stereocenters. The molecular formula is C22H22ClN3O4S. The zero-order valence-corrected chi connectivity index (χ0v) is 18.6. The molecule has 162 valence electrons. The molecule has 9 heteroatoms. The second-order valence-electron chi connectivity index (χ2n) is 6.77. The lowest BCUT2D eigenvalue weighted by atomic mass is 10.1. The summed E-state index contributed by atoms with van der Waals surface area (Å²) in [6.07, 6.45) is 1.64. The Kier molecular flexibility index (Phi) is 7.27. The lowest BCUT2D eigenvalue weighted by molar-refractivity contribution is 0.0939. The maximum atomic E-state index is 12.9. The van der Waals surface area contributed by atoms with Crippen molar-refractivity contribution in [3.8, 4) is 5.75 Å². The van der Waals surface area contributed by atoms with E-state index in [1.165, 1.54) is 25.3 Å². The SMILES string of the molecule is COc1ccc(C(=O)NC(C)c2ccccn2)cc1S(=O)(=O)NCc1ccc(Cl)cc1. The first-order chi connectivity index (χ1) is 14.8. The van der Waals surface area contributed by atoms with E-state index in [0.717, 1.165) is 5.56 Å². The predicted octanol–water partition coefficient (Wildman–Crippen LogP) is 3.71. The summed E-state index contributed by atoms with van der Waals surface area (Å²) in [6, 6.07) is 16.1. The number of ether oxygens (including phenoxy) is 1. The number of amides is 1. The van der Waals surface area contributed by atoms with Crippen LogP contribution in [0.1, 0.15) is 34.6 Å². The molecule has 1 unspecified atom stereocenters. The Labute approximate surface area is 186 Å². The second kappa shape index (κ2) is 9.91. The first kappa shape index (κ1) is 22.7. The molecular weight excluding hydrogens is 438 g/mol. The van der Waals surface area contributed by atoms with Crippen LogP contribution in [-0.2, 0) is 16.6 Å². The van der Waals surface area contributed by atoms with Crippen LogP contribution in [-0.4, -0.2) is 26.4 Å². The number of hydrogen-bond donors (Lipinski definition) is 2. The number of sulfonamides is 1. The summed E-state index contributed by atoms with van der Waals surface area (Å²) < 4.78 is 33.6. The lowest BCUT2D eigenvalue weighted by Crippen LogP contribution is -2.28. The number of aromatic nitrogens is 1. The standard InChI is InChI=1S/C22H22ClN3O4S/c1-15(19-5-3-4-12-24-19)26-22(27)17-8-11-20(30-2)21(13-17)31(28,29)25-14-16-6-9-18(23)10-7-16/h3-13,15,25H,14H2,1-2H3,(H,26,27). The molecule has 3 aromatic rings. The molecule has 3 rings (SSSR count). The van der Waals surface area contributed by atoms with E-state index in [2.05, 4.69) is 15.0 Å². The molecule has 0 aliphatic heterocycles. The van der Waals surface area contributed by atoms with Crippen molar-refractivity contribution in [3.05, 3.63) is 88.7 Å². The van der Waals surface area contributed by atoms with Crippen molar-refractivity contribution >= 4 is 27.5 Å². The Morgan fingerprint density at radius 2 is 1.87 bits per heavy atom. The smallest absolute Gasteiger partial charge is 0.251 e. The molecule has 0 saturated carbocycles. The highest BCUT2D eigenvalue weighted by Gasteiger charge is 2.22. The molecule has 31 heavy (non-hydrogen) atoms. The molecule has 0 aliphatic rings. The monoisotopic (exact) mass is 459 g/mol. The molecule has 0 spiro atoms. The fourth-order valence-electron chi connectivity index (χ4n) is 2.87. The van der Waals surface area contributed by atoms with Gasteiger partial charge in [-0.3, -0.25) is 9.78 Å². The van der Waals surface area contributed by atoms with Crippen LogP contribution < -0.4 is 14.8 Å². The minimum atomic E-state index is -3.95. The molecule has 1 heterocycles. The van der Waals surface area contributed by atoms with Crippen molar-refractivity contribution in [1.29, 1.82) is 0 Å². The number of nitrogens with zero attached hydrogens (tertiary/aromatic N) is 1. The molecule has 0 radical (unpaired) electrons. The fraction of sp³-hybridized carbons (Fsp3) is 0.182. The molecule has 7 nitrogen and oxygen atoms in total. The maximum Gasteiger partial charge on any atom is 0.251 e. The van der Waals surface area contributed by atoms with E-state index in [9.17, 15) is 13.2 Å². The number of rotatable bonds is 8. The van der Waals surface area contributed by atoms with Crippen LogP contribution in [0.4, 0.5) is 0 Å². The Hall–Kier alpha value is -2.94. The quantitative estimate of drug-likeness (QED) is 0.535. The maximum absolute atomic E-state index is 12.9. The minimum absolute atomic E-state index is 0.0653. The first-order valence-electron chi connectivity index (χ1n) is 9.44. The van der Waals surface area contributed by atoms with E-state index in [-0.39, 0.29) is 28.8 Å². The average molecular weight is 460 g/mol. The zero-order chi connectivity index (χ0) is 22.4. The van der Waals surface area contributed by atoms with E-state index in [1.807, 2.05) is 6.07 Å². The van der Waals surface area contributed by atoms with Crippen LogP contribution in [0, 0.1) is 0 Å². The van der Waals surface area contributed by atoms with Gasteiger partial charge in [-0.15, -0.1) is 0 Å². The van der Waals surface area contributed by atoms with Crippen LogP contribution in [0.5, 0.6) is 5.75 Å². The van der Waals surface area contributed by atoms with Crippen LogP contribution >= 0.6 is 11.6 Å². The Balaban J connectivity index is 1.80. The summed E-state index contributed by atoms with van der Waals surface area (Å²) in [6.45, 7) is 1.87. The summed E-state index contributed by atoms with van der Waals surface area (Å²) in [4.78, 5) is 16.8. The van der Waals surface area contributed by atoms with Crippen LogP contribution in [0.25, 0.3) is 0 Å². The van der Waals surface area contributed by atoms with Gasteiger partial charge in [0.15, 0.2) is 0 Å². The van der Waals surface area contributed by atoms with E-state index in [1.54, 1.807) is 49.5 Å². The third kappa shape index (κ3) is 5.81. The first-order valence-corrected chi connectivity index (χ1v) is 11.3. The van der Waals surface area contributed by atoms with Gasteiger partial charge in [0.25, 0.3) is 5.91 Å².